The van der Waals surface area contributed by atoms with Gasteiger partial charge in [0.25, 0.3) is 0 Å². The topological polar surface area (TPSA) is 61.8 Å². The molecule has 0 radical (unpaired) electrons. The molecule has 5 nitrogen and oxygen atoms in total. The number of anilines is 2. The van der Waals surface area contributed by atoms with Gasteiger partial charge in [-0.1, -0.05) is 66.2 Å². The predicted octanol–water partition coefficient (Wildman–Crippen LogP) is 5.33. The summed E-state index contributed by atoms with van der Waals surface area (Å²) in [6, 6.07) is 26.0. The summed E-state index contributed by atoms with van der Waals surface area (Å²) in [4.78, 5) is 26.8. The molecule has 0 fully saturated rings. The SMILES string of the molecule is C/C(=N/NC(=O)CCC(=O)N(c1ccccc1)c1ccccc1)c1ccccc1Cl. The second kappa shape index (κ2) is 10.4. The average Bonchev–Trinajstić information content (AvgIpc) is 2.78. The summed E-state index contributed by atoms with van der Waals surface area (Å²) in [5, 5.41) is 4.66. The van der Waals surface area contributed by atoms with Crippen LogP contribution in [0.3, 0.4) is 0 Å². The number of nitrogens with one attached hydrogen (secondary N) is 1. The first kappa shape index (κ1) is 21.3. The van der Waals surface area contributed by atoms with Crippen LogP contribution in [0.5, 0.6) is 0 Å². The van der Waals surface area contributed by atoms with Crippen molar-refractivity contribution in [3.8, 4) is 0 Å². The fourth-order valence-corrected chi connectivity index (χ4v) is 3.21. The lowest BCUT2D eigenvalue weighted by Gasteiger charge is -2.23. The molecule has 0 aliphatic heterocycles. The molecule has 3 aromatic rings. The van der Waals surface area contributed by atoms with Crippen molar-refractivity contribution in [3.05, 3.63) is 95.5 Å². The molecule has 0 saturated carbocycles. The molecular formula is C24H22ClN3O2. The Labute approximate surface area is 181 Å². The van der Waals surface area contributed by atoms with Crippen LogP contribution in [0.2, 0.25) is 5.02 Å². The monoisotopic (exact) mass is 419 g/mol. The number of amides is 2. The van der Waals surface area contributed by atoms with Crippen LogP contribution < -0.4 is 10.3 Å². The van der Waals surface area contributed by atoms with E-state index in [1.165, 1.54) is 0 Å². The summed E-state index contributed by atoms with van der Waals surface area (Å²) in [6.45, 7) is 1.76. The van der Waals surface area contributed by atoms with E-state index in [0.717, 1.165) is 16.9 Å². The maximum Gasteiger partial charge on any atom is 0.240 e. The molecule has 3 rings (SSSR count). The third-order valence-corrected chi connectivity index (χ3v) is 4.79. The zero-order valence-corrected chi connectivity index (χ0v) is 17.3. The standard InChI is InChI=1S/C24H22ClN3O2/c1-18(21-14-8-9-15-22(21)25)26-27-23(29)16-17-24(30)28(19-10-4-2-5-11-19)20-12-6-3-7-13-20/h2-15H,16-17H2,1H3,(H,27,29)/b26-18-. The van der Waals surface area contributed by atoms with Gasteiger partial charge in [0, 0.05) is 34.8 Å². The Morgan fingerprint density at radius 1 is 0.833 bits per heavy atom. The molecule has 30 heavy (non-hydrogen) atoms. The fraction of sp³-hybridized carbons (Fsp3) is 0.125. The number of carbonyl (C=O) groups is 2. The van der Waals surface area contributed by atoms with E-state index in [4.69, 9.17) is 11.6 Å². The van der Waals surface area contributed by atoms with Crippen molar-refractivity contribution in [2.24, 2.45) is 5.10 Å². The van der Waals surface area contributed by atoms with Crippen molar-refractivity contribution in [2.75, 3.05) is 4.90 Å². The molecular weight excluding hydrogens is 398 g/mol. The van der Waals surface area contributed by atoms with E-state index in [-0.39, 0.29) is 24.7 Å². The van der Waals surface area contributed by atoms with Gasteiger partial charge < -0.3 is 0 Å². The molecule has 0 bridgehead atoms. The molecule has 0 spiro atoms. The molecule has 0 aliphatic rings. The summed E-state index contributed by atoms with van der Waals surface area (Å²) < 4.78 is 0. The van der Waals surface area contributed by atoms with Gasteiger partial charge >= 0.3 is 0 Å². The minimum Gasteiger partial charge on any atom is -0.281 e. The molecule has 6 heteroatoms. The highest BCUT2D eigenvalue weighted by atomic mass is 35.5. The maximum absolute atomic E-state index is 12.9. The van der Waals surface area contributed by atoms with Crippen LogP contribution in [-0.4, -0.2) is 17.5 Å². The first-order valence-corrected chi connectivity index (χ1v) is 9.95. The van der Waals surface area contributed by atoms with Gasteiger partial charge in [-0.15, -0.1) is 0 Å². The van der Waals surface area contributed by atoms with Gasteiger partial charge in [-0.05, 0) is 37.3 Å². The predicted molar refractivity (Wildman–Crippen MR) is 121 cm³/mol. The Morgan fingerprint density at radius 3 is 1.93 bits per heavy atom. The highest BCUT2D eigenvalue weighted by Gasteiger charge is 2.18. The van der Waals surface area contributed by atoms with E-state index in [1.807, 2.05) is 78.9 Å². The quantitative estimate of drug-likeness (QED) is 0.416. The minimum atomic E-state index is -0.337. The molecule has 1 N–H and O–H groups in total. The smallest absolute Gasteiger partial charge is 0.240 e. The zero-order valence-electron chi connectivity index (χ0n) is 16.6. The van der Waals surface area contributed by atoms with Crippen molar-refractivity contribution in [1.82, 2.24) is 5.43 Å². The molecule has 0 aromatic heterocycles. The first-order chi connectivity index (χ1) is 14.6. The van der Waals surface area contributed by atoms with Crippen LogP contribution in [0.4, 0.5) is 11.4 Å². The van der Waals surface area contributed by atoms with Gasteiger partial charge in [0.05, 0.1) is 5.71 Å². The Morgan fingerprint density at radius 2 is 1.37 bits per heavy atom. The Hall–Kier alpha value is -3.44. The summed E-state index contributed by atoms with van der Waals surface area (Å²) in [5.74, 6) is -0.509. The Bertz CT molecular complexity index is 997. The van der Waals surface area contributed by atoms with Gasteiger partial charge in [0.2, 0.25) is 11.8 Å². The summed E-state index contributed by atoms with van der Waals surface area (Å²) in [7, 11) is 0. The van der Waals surface area contributed by atoms with Gasteiger partial charge in [-0.3, -0.25) is 14.5 Å². The highest BCUT2D eigenvalue weighted by Crippen LogP contribution is 2.26. The lowest BCUT2D eigenvalue weighted by molar-refractivity contribution is -0.124. The number of carbonyl (C=O) groups excluding carboxylic acids is 2. The highest BCUT2D eigenvalue weighted by molar-refractivity contribution is 6.34. The molecule has 0 aliphatic carbocycles. The second-order valence-corrected chi connectivity index (χ2v) is 7.02. The van der Waals surface area contributed by atoms with Gasteiger partial charge in [-0.25, -0.2) is 5.43 Å². The lowest BCUT2D eigenvalue weighted by Crippen LogP contribution is -2.28. The number of halogens is 1. The van der Waals surface area contributed by atoms with Crippen molar-refractivity contribution in [2.45, 2.75) is 19.8 Å². The molecule has 152 valence electrons. The largest absolute Gasteiger partial charge is 0.281 e. The van der Waals surface area contributed by atoms with E-state index in [1.54, 1.807) is 17.9 Å². The van der Waals surface area contributed by atoms with Crippen molar-refractivity contribution >= 4 is 40.5 Å². The average molecular weight is 420 g/mol. The van der Waals surface area contributed by atoms with E-state index < -0.39 is 0 Å². The van der Waals surface area contributed by atoms with E-state index in [9.17, 15) is 9.59 Å². The lowest BCUT2D eigenvalue weighted by atomic mass is 10.1. The van der Waals surface area contributed by atoms with Crippen molar-refractivity contribution < 1.29 is 9.59 Å². The van der Waals surface area contributed by atoms with Gasteiger partial charge in [0.1, 0.15) is 0 Å². The van der Waals surface area contributed by atoms with Crippen molar-refractivity contribution in [3.63, 3.8) is 0 Å². The summed E-state index contributed by atoms with van der Waals surface area (Å²) >= 11 is 6.14. The van der Waals surface area contributed by atoms with Gasteiger partial charge in [-0.2, -0.15) is 5.10 Å². The van der Waals surface area contributed by atoms with Crippen LogP contribution in [0.15, 0.2) is 90.0 Å². The molecule has 0 heterocycles. The van der Waals surface area contributed by atoms with E-state index in [2.05, 4.69) is 10.5 Å². The van der Waals surface area contributed by atoms with Crippen LogP contribution >= 0.6 is 11.6 Å². The van der Waals surface area contributed by atoms with Crippen LogP contribution in [-0.2, 0) is 9.59 Å². The van der Waals surface area contributed by atoms with E-state index in [0.29, 0.717) is 10.7 Å². The molecule has 2 amide bonds. The van der Waals surface area contributed by atoms with Crippen LogP contribution in [0.1, 0.15) is 25.3 Å². The summed E-state index contributed by atoms with van der Waals surface area (Å²) in [6.07, 6.45) is 0.0740. The third kappa shape index (κ3) is 5.55. The molecule has 0 saturated heterocycles. The Kier molecular flexibility index (Phi) is 7.35. The summed E-state index contributed by atoms with van der Waals surface area (Å²) in [5.41, 5.74) is 5.34. The number of nitrogens with zero attached hydrogens (tertiary/aromatic N) is 2. The number of benzene rings is 3. The number of hydrogen-bond acceptors (Lipinski definition) is 3. The third-order valence-electron chi connectivity index (χ3n) is 4.46. The second-order valence-electron chi connectivity index (χ2n) is 6.61. The van der Waals surface area contributed by atoms with Gasteiger partial charge in [0.15, 0.2) is 0 Å². The first-order valence-electron chi connectivity index (χ1n) is 9.57. The molecule has 0 unspecified atom stereocenters. The minimum absolute atomic E-state index is 0.0221. The van der Waals surface area contributed by atoms with E-state index >= 15 is 0 Å². The maximum atomic E-state index is 12.9. The van der Waals surface area contributed by atoms with Crippen molar-refractivity contribution in [1.29, 1.82) is 0 Å². The fourth-order valence-electron chi connectivity index (χ4n) is 2.94. The normalized spacial score (nSPS) is 11.1. The zero-order chi connectivity index (χ0) is 21.3. The molecule has 3 aromatic carbocycles. The Balaban J connectivity index is 1.65. The number of rotatable bonds is 7. The number of hydrazone groups is 1. The number of hydrogen-bond donors (Lipinski definition) is 1. The molecule has 0 atom stereocenters. The van der Waals surface area contributed by atoms with Crippen LogP contribution in [0, 0.1) is 0 Å². The van der Waals surface area contributed by atoms with Crippen LogP contribution in [0.25, 0.3) is 0 Å². The number of para-hydroxylation sites is 2.